The Hall–Kier alpha value is -3.64. The van der Waals surface area contributed by atoms with Gasteiger partial charge in [0.1, 0.15) is 0 Å². The molecule has 6 aromatic rings. The number of aryl methyl sites for hydroxylation is 4. The normalized spacial score (nSPS) is 11.7. The van der Waals surface area contributed by atoms with Crippen molar-refractivity contribution in [1.82, 2.24) is 0 Å². The van der Waals surface area contributed by atoms with Crippen molar-refractivity contribution in [3.05, 3.63) is 119 Å². The Morgan fingerprint density at radius 2 is 1.19 bits per heavy atom. The molecule has 0 aliphatic rings. The second kappa shape index (κ2) is 7.50. The van der Waals surface area contributed by atoms with E-state index in [9.17, 15) is 0 Å². The zero-order chi connectivity index (χ0) is 21.7. The predicted octanol–water partition coefficient (Wildman–Crippen LogP) is 8.70. The molecule has 0 heteroatoms. The summed E-state index contributed by atoms with van der Waals surface area (Å²) < 4.78 is 0. The average Bonchev–Trinajstić information content (AvgIpc) is 2.82. The molecule has 0 atom stereocenters. The molecule has 32 heavy (non-hydrogen) atoms. The van der Waals surface area contributed by atoms with Crippen molar-refractivity contribution in [3.8, 4) is 0 Å². The molecule has 0 fully saturated rings. The zero-order valence-corrected chi connectivity index (χ0v) is 18.7. The lowest BCUT2D eigenvalue weighted by Gasteiger charge is -2.12. The zero-order valence-electron chi connectivity index (χ0n) is 18.7. The van der Waals surface area contributed by atoms with Crippen molar-refractivity contribution in [1.29, 1.82) is 0 Å². The van der Waals surface area contributed by atoms with Crippen LogP contribution < -0.4 is 0 Å². The third-order valence-electron chi connectivity index (χ3n) is 6.94. The fraction of sp³-hybridized carbons (Fsp3) is 0.125. The van der Waals surface area contributed by atoms with Crippen molar-refractivity contribution >= 4 is 43.1 Å². The fourth-order valence-corrected chi connectivity index (χ4v) is 5.24. The standard InChI is InChI=1S/C32H26/c1-21-10-13-26-20-25(28-7-3-4-8-31(28)32(26)18-21)14-11-23-12-16-29-24(19-23)15-17-27-22(2)6-5-9-30(27)29/h3-10,12-13,15-20H,11,14H2,1-2H3. The minimum absolute atomic E-state index is 1.04. The Labute approximate surface area is 189 Å². The summed E-state index contributed by atoms with van der Waals surface area (Å²) in [6.45, 7) is 4.37. The van der Waals surface area contributed by atoms with E-state index < -0.39 is 0 Å². The van der Waals surface area contributed by atoms with Crippen molar-refractivity contribution in [2.45, 2.75) is 26.7 Å². The maximum Gasteiger partial charge on any atom is -0.0103 e. The Balaban J connectivity index is 1.39. The Morgan fingerprint density at radius 1 is 0.469 bits per heavy atom. The summed E-state index contributed by atoms with van der Waals surface area (Å²) in [5.41, 5.74) is 5.49. The lowest BCUT2D eigenvalue weighted by molar-refractivity contribution is 0.973. The molecular weight excluding hydrogens is 384 g/mol. The molecule has 0 aliphatic heterocycles. The predicted molar refractivity (Wildman–Crippen MR) is 140 cm³/mol. The van der Waals surface area contributed by atoms with E-state index in [1.54, 1.807) is 0 Å². The Bertz CT molecular complexity index is 1640. The smallest absolute Gasteiger partial charge is 0.0103 e. The highest BCUT2D eigenvalue weighted by molar-refractivity contribution is 6.10. The molecule has 0 unspecified atom stereocenters. The number of hydrogen-bond donors (Lipinski definition) is 0. The van der Waals surface area contributed by atoms with Crippen LogP contribution in [0.5, 0.6) is 0 Å². The first-order valence-electron chi connectivity index (χ1n) is 11.5. The maximum atomic E-state index is 2.40. The van der Waals surface area contributed by atoms with Crippen molar-refractivity contribution in [3.63, 3.8) is 0 Å². The molecule has 0 saturated heterocycles. The van der Waals surface area contributed by atoms with Gasteiger partial charge in [-0.25, -0.2) is 0 Å². The van der Waals surface area contributed by atoms with E-state index in [2.05, 4.69) is 111 Å². The second-order valence-corrected chi connectivity index (χ2v) is 9.10. The number of hydrogen-bond acceptors (Lipinski definition) is 0. The van der Waals surface area contributed by atoms with E-state index >= 15 is 0 Å². The molecule has 0 heterocycles. The van der Waals surface area contributed by atoms with Crippen molar-refractivity contribution in [2.75, 3.05) is 0 Å². The highest BCUT2D eigenvalue weighted by Crippen LogP contribution is 2.31. The first-order chi connectivity index (χ1) is 15.7. The summed E-state index contributed by atoms with van der Waals surface area (Å²) in [7, 11) is 0. The molecule has 0 bridgehead atoms. The summed E-state index contributed by atoms with van der Waals surface area (Å²) in [5, 5.41) is 10.8. The first-order valence-corrected chi connectivity index (χ1v) is 11.5. The molecule has 6 aromatic carbocycles. The number of fused-ring (bicyclic) bond motifs is 6. The van der Waals surface area contributed by atoms with Gasteiger partial charge in [0.15, 0.2) is 0 Å². The van der Waals surface area contributed by atoms with Gasteiger partial charge in [0.05, 0.1) is 0 Å². The van der Waals surface area contributed by atoms with Crippen LogP contribution in [-0.4, -0.2) is 0 Å². The third kappa shape index (κ3) is 3.15. The molecule has 0 N–H and O–H groups in total. The largest absolute Gasteiger partial charge is 0.0616 e. The lowest BCUT2D eigenvalue weighted by Crippen LogP contribution is -1.94. The third-order valence-corrected chi connectivity index (χ3v) is 6.94. The van der Waals surface area contributed by atoms with E-state index in [-0.39, 0.29) is 0 Å². The molecule has 6 rings (SSSR count). The van der Waals surface area contributed by atoms with Crippen molar-refractivity contribution in [2.24, 2.45) is 0 Å². The minimum Gasteiger partial charge on any atom is -0.0616 e. The highest BCUT2D eigenvalue weighted by atomic mass is 14.1. The van der Waals surface area contributed by atoms with Crippen LogP contribution in [-0.2, 0) is 12.8 Å². The topological polar surface area (TPSA) is 0 Å². The van der Waals surface area contributed by atoms with E-state index in [1.807, 2.05) is 0 Å². The average molecular weight is 411 g/mol. The van der Waals surface area contributed by atoms with E-state index in [0.717, 1.165) is 12.8 Å². The highest BCUT2D eigenvalue weighted by Gasteiger charge is 2.08. The maximum absolute atomic E-state index is 2.40. The molecule has 0 spiro atoms. The van der Waals surface area contributed by atoms with Gasteiger partial charge in [-0.1, -0.05) is 103 Å². The summed E-state index contributed by atoms with van der Waals surface area (Å²) in [4.78, 5) is 0. The van der Waals surface area contributed by atoms with Gasteiger partial charge in [-0.05, 0) is 86.5 Å². The summed E-state index contributed by atoms with van der Waals surface area (Å²) >= 11 is 0. The van der Waals surface area contributed by atoms with Gasteiger partial charge in [0, 0.05) is 0 Å². The first kappa shape index (κ1) is 19.1. The fourth-order valence-electron chi connectivity index (χ4n) is 5.24. The molecule has 0 nitrogen and oxygen atoms in total. The minimum atomic E-state index is 1.04. The number of benzene rings is 6. The molecule has 0 amide bonds. The van der Waals surface area contributed by atoms with Crippen LogP contribution in [0.4, 0.5) is 0 Å². The SMILES string of the molecule is Cc1ccc2cc(CCc3ccc4c(ccc5c(C)cccc54)c3)c3ccccc3c2c1. The Kier molecular flexibility index (Phi) is 4.47. The van der Waals surface area contributed by atoms with Crippen LogP contribution in [0, 0.1) is 13.8 Å². The molecule has 0 radical (unpaired) electrons. The van der Waals surface area contributed by atoms with Gasteiger partial charge < -0.3 is 0 Å². The van der Waals surface area contributed by atoms with E-state index in [4.69, 9.17) is 0 Å². The summed E-state index contributed by atoms with van der Waals surface area (Å²) in [6, 6.07) is 36.2. The molecule has 0 saturated carbocycles. The van der Waals surface area contributed by atoms with Crippen LogP contribution in [0.25, 0.3) is 43.1 Å². The van der Waals surface area contributed by atoms with Crippen LogP contribution >= 0.6 is 0 Å². The number of rotatable bonds is 3. The monoisotopic (exact) mass is 410 g/mol. The quantitative estimate of drug-likeness (QED) is 0.256. The molecule has 0 aromatic heterocycles. The second-order valence-electron chi connectivity index (χ2n) is 9.10. The Morgan fingerprint density at radius 3 is 2.09 bits per heavy atom. The summed E-state index contributed by atoms with van der Waals surface area (Å²) in [6.07, 6.45) is 2.09. The molecular formula is C32H26. The van der Waals surface area contributed by atoms with Crippen LogP contribution in [0.2, 0.25) is 0 Å². The van der Waals surface area contributed by atoms with Gasteiger partial charge in [0.2, 0.25) is 0 Å². The van der Waals surface area contributed by atoms with E-state index in [1.165, 1.54) is 65.3 Å². The molecule has 0 aliphatic carbocycles. The van der Waals surface area contributed by atoms with Gasteiger partial charge in [-0.3, -0.25) is 0 Å². The van der Waals surface area contributed by atoms with Crippen LogP contribution in [0.3, 0.4) is 0 Å². The van der Waals surface area contributed by atoms with Gasteiger partial charge in [0.25, 0.3) is 0 Å². The summed E-state index contributed by atoms with van der Waals surface area (Å²) in [5.74, 6) is 0. The molecule has 154 valence electrons. The van der Waals surface area contributed by atoms with Crippen LogP contribution in [0.1, 0.15) is 22.3 Å². The van der Waals surface area contributed by atoms with Gasteiger partial charge >= 0.3 is 0 Å². The van der Waals surface area contributed by atoms with Crippen molar-refractivity contribution < 1.29 is 0 Å². The van der Waals surface area contributed by atoms with Gasteiger partial charge in [-0.2, -0.15) is 0 Å². The lowest BCUT2D eigenvalue weighted by atomic mass is 9.92. The van der Waals surface area contributed by atoms with Crippen LogP contribution in [0.15, 0.2) is 97.1 Å². The van der Waals surface area contributed by atoms with Gasteiger partial charge in [-0.15, -0.1) is 0 Å². The van der Waals surface area contributed by atoms with E-state index in [0.29, 0.717) is 0 Å².